The van der Waals surface area contributed by atoms with Crippen LogP contribution in [0.5, 0.6) is 0 Å². The van der Waals surface area contributed by atoms with E-state index in [0.717, 1.165) is 60.5 Å². The van der Waals surface area contributed by atoms with Gasteiger partial charge in [0.05, 0.1) is 17.2 Å². The van der Waals surface area contributed by atoms with Crippen molar-refractivity contribution in [3.8, 4) is 0 Å². The highest BCUT2D eigenvalue weighted by atomic mass is 19.4. The average molecular weight is 552 g/mol. The third-order valence-corrected chi connectivity index (χ3v) is 7.86. The quantitative estimate of drug-likeness (QED) is 0.468. The Morgan fingerprint density at radius 2 is 1.73 bits per heavy atom. The molecule has 2 heterocycles. The number of aryl methyl sites for hydroxylation is 3. The summed E-state index contributed by atoms with van der Waals surface area (Å²) in [6, 6.07) is 11.8. The van der Waals surface area contributed by atoms with Gasteiger partial charge in [-0.05, 0) is 74.9 Å². The smallest absolute Gasteiger partial charge is 0.356 e. The Bertz CT molecular complexity index is 1410. The Morgan fingerprint density at radius 1 is 1.00 bits per heavy atom. The number of anilines is 1. The average Bonchev–Trinajstić information content (AvgIpc) is 3.33. The van der Waals surface area contributed by atoms with E-state index in [1.54, 1.807) is 17.0 Å². The van der Waals surface area contributed by atoms with Crippen molar-refractivity contribution >= 4 is 17.6 Å². The maximum absolute atomic E-state index is 13.5. The number of hydrogen-bond donors (Lipinski definition) is 1. The van der Waals surface area contributed by atoms with E-state index in [4.69, 9.17) is 0 Å². The van der Waals surface area contributed by atoms with E-state index in [9.17, 15) is 22.8 Å². The fourth-order valence-corrected chi connectivity index (χ4v) is 5.76. The minimum Gasteiger partial charge on any atom is -0.356 e. The highest BCUT2D eigenvalue weighted by molar-refractivity contribution is 5.97. The summed E-state index contributed by atoms with van der Waals surface area (Å²) >= 11 is 0. The number of piperidine rings is 1. The van der Waals surface area contributed by atoms with Gasteiger partial charge in [-0.1, -0.05) is 18.2 Å². The van der Waals surface area contributed by atoms with Crippen molar-refractivity contribution in [2.45, 2.75) is 57.8 Å². The van der Waals surface area contributed by atoms with Crippen LogP contribution in [0.2, 0.25) is 0 Å². The number of carbonyl (C=O) groups is 2. The minimum atomic E-state index is -4.63. The molecule has 1 aliphatic carbocycles. The number of aromatic nitrogens is 2. The van der Waals surface area contributed by atoms with Crippen molar-refractivity contribution in [2.24, 2.45) is 0 Å². The van der Waals surface area contributed by atoms with Gasteiger partial charge in [0.25, 0.3) is 11.8 Å². The van der Waals surface area contributed by atoms with E-state index in [2.05, 4.69) is 20.2 Å². The Morgan fingerprint density at radius 3 is 2.42 bits per heavy atom. The maximum Gasteiger partial charge on any atom is 0.417 e. The second-order valence-electron chi connectivity index (χ2n) is 10.6. The Kier molecular flexibility index (Phi) is 7.53. The highest BCUT2D eigenvalue weighted by Gasteiger charge is 2.36. The molecule has 2 amide bonds. The van der Waals surface area contributed by atoms with Gasteiger partial charge >= 0.3 is 6.18 Å². The van der Waals surface area contributed by atoms with E-state index < -0.39 is 29.3 Å². The van der Waals surface area contributed by atoms with Gasteiger partial charge in [0, 0.05) is 43.5 Å². The van der Waals surface area contributed by atoms with Crippen LogP contribution in [0.15, 0.2) is 48.5 Å². The number of carbonyl (C=O) groups excluding carboxylic acids is 2. The third kappa shape index (κ3) is 5.66. The van der Waals surface area contributed by atoms with Crippen LogP contribution in [0.3, 0.4) is 0 Å². The molecule has 1 unspecified atom stereocenters. The first-order valence-corrected chi connectivity index (χ1v) is 13.5. The zero-order valence-electron chi connectivity index (χ0n) is 22.8. The number of amides is 2. The molecule has 0 saturated carbocycles. The molecule has 1 N–H and O–H groups in total. The highest BCUT2D eigenvalue weighted by Crippen LogP contribution is 2.35. The molecule has 10 heteroatoms. The molecule has 0 bridgehead atoms. The van der Waals surface area contributed by atoms with Gasteiger partial charge in [-0.15, -0.1) is 0 Å². The van der Waals surface area contributed by atoms with Gasteiger partial charge in [-0.25, -0.2) is 9.97 Å². The first-order valence-electron chi connectivity index (χ1n) is 13.5. The largest absolute Gasteiger partial charge is 0.417 e. The van der Waals surface area contributed by atoms with Crippen LogP contribution in [-0.2, 0) is 12.6 Å². The summed E-state index contributed by atoms with van der Waals surface area (Å²) in [7, 11) is 1.81. The molecule has 40 heavy (non-hydrogen) atoms. The van der Waals surface area contributed by atoms with Crippen molar-refractivity contribution in [2.75, 3.05) is 25.0 Å². The molecule has 2 aliphatic rings. The Labute approximate surface area is 231 Å². The van der Waals surface area contributed by atoms with E-state index in [0.29, 0.717) is 18.4 Å². The van der Waals surface area contributed by atoms with Gasteiger partial charge in [0.1, 0.15) is 11.6 Å². The SMILES string of the molecule is Cc1cc(N2CCC(N(C)C(=O)c3ccc4c(c3)C(NC(=O)c3ccccc3C(F)(F)F)CC4)CC2)nc(C)n1. The van der Waals surface area contributed by atoms with Crippen LogP contribution in [0.1, 0.15) is 74.2 Å². The van der Waals surface area contributed by atoms with Crippen molar-refractivity contribution in [3.05, 3.63) is 87.9 Å². The standard InChI is InChI=1S/C30H32F3N5O2/c1-18-16-27(35-19(2)34-18)38-14-12-22(13-15-38)37(3)29(40)21-9-8-20-10-11-26(24(20)17-21)36-28(39)23-6-4-5-7-25(23)30(31,32)33/h4-9,16-17,22,26H,10-15H2,1-3H3,(H,36,39). The molecule has 210 valence electrons. The number of rotatable bonds is 5. The first-order chi connectivity index (χ1) is 19.0. The number of alkyl halides is 3. The van der Waals surface area contributed by atoms with Crippen molar-refractivity contribution in [3.63, 3.8) is 0 Å². The lowest BCUT2D eigenvalue weighted by Crippen LogP contribution is -2.46. The molecule has 0 radical (unpaired) electrons. The molecule has 1 fully saturated rings. The second-order valence-corrected chi connectivity index (χ2v) is 10.6. The molecule has 5 rings (SSSR count). The Balaban J connectivity index is 1.26. The summed E-state index contributed by atoms with van der Waals surface area (Å²) in [5.74, 6) is 0.747. The third-order valence-electron chi connectivity index (χ3n) is 7.86. The predicted molar refractivity (Wildman–Crippen MR) is 145 cm³/mol. The first kappa shape index (κ1) is 27.6. The molecular weight excluding hydrogens is 519 g/mol. The zero-order chi connectivity index (χ0) is 28.6. The number of fused-ring (bicyclic) bond motifs is 1. The van der Waals surface area contributed by atoms with Crippen LogP contribution >= 0.6 is 0 Å². The van der Waals surface area contributed by atoms with Crippen LogP contribution in [0.4, 0.5) is 19.0 Å². The van der Waals surface area contributed by atoms with E-state index >= 15 is 0 Å². The van der Waals surface area contributed by atoms with Gasteiger partial charge in [0.2, 0.25) is 0 Å². The topological polar surface area (TPSA) is 78.4 Å². The summed E-state index contributed by atoms with van der Waals surface area (Å²) < 4.78 is 40.3. The predicted octanol–water partition coefficient (Wildman–Crippen LogP) is 5.27. The second kappa shape index (κ2) is 10.9. The number of benzene rings is 2. The van der Waals surface area contributed by atoms with Crippen LogP contribution in [-0.4, -0.2) is 52.9 Å². The van der Waals surface area contributed by atoms with Crippen LogP contribution < -0.4 is 10.2 Å². The van der Waals surface area contributed by atoms with Crippen molar-refractivity contribution in [1.29, 1.82) is 0 Å². The number of halogens is 3. The van der Waals surface area contributed by atoms with Crippen molar-refractivity contribution in [1.82, 2.24) is 20.2 Å². The van der Waals surface area contributed by atoms with E-state index in [1.807, 2.05) is 33.0 Å². The van der Waals surface area contributed by atoms with Gasteiger partial charge in [-0.2, -0.15) is 13.2 Å². The van der Waals surface area contributed by atoms with Gasteiger partial charge in [-0.3, -0.25) is 9.59 Å². The van der Waals surface area contributed by atoms with Crippen molar-refractivity contribution < 1.29 is 22.8 Å². The number of nitrogens with one attached hydrogen (secondary N) is 1. The summed E-state index contributed by atoms with van der Waals surface area (Å²) in [6.07, 6.45) is -1.80. The van der Waals surface area contributed by atoms with E-state index in [-0.39, 0.29) is 11.9 Å². The molecule has 1 saturated heterocycles. The van der Waals surface area contributed by atoms with E-state index in [1.165, 1.54) is 18.2 Å². The fourth-order valence-electron chi connectivity index (χ4n) is 5.76. The number of hydrogen-bond acceptors (Lipinski definition) is 5. The minimum absolute atomic E-state index is 0.0652. The molecule has 0 spiro atoms. The summed E-state index contributed by atoms with van der Waals surface area (Å²) in [4.78, 5) is 39.2. The normalized spacial score (nSPS) is 17.4. The molecule has 7 nitrogen and oxygen atoms in total. The maximum atomic E-state index is 13.5. The molecular formula is C30H32F3N5O2. The van der Waals surface area contributed by atoms with Crippen LogP contribution in [0, 0.1) is 13.8 Å². The molecule has 1 atom stereocenters. The molecule has 3 aromatic rings. The molecule has 2 aromatic carbocycles. The molecule has 1 aliphatic heterocycles. The lowest BCUT2D eigenvalue weighted by molar-refractivity contribution is -0.137. The summed E-state index contributed by atoms with van der Waals surface area (Å²) in [5.41, 5.74) is 1.82. The van der Waals surface area contributed by atoms with Gasteiger partial charge < -0.3 is 15.1 Å². The van der Waals surface area contributed by atoms with Gasteiger partial charge in [0.15, 0.2) is 0 Å². The summed E-state index contributed by atoms with van der Waals surface area (Å²) in [5, 5.41) is 2.77. The lowest BCUT2D eigenvalue weighted by Gasteiger charge is -2.37. The van der Waals surface area contributed by atoms with Crippen LogP contribution in [0.25, 0.3) is 0 Å². The molecule has 1 aromatic heterocycles. The monoisotopic (exact) mass is 551 g/mol. The lowest BCUT2D eigenvalue weighted by atomic mass is 10.00. The summed E-state index contributed by atoms with van der Waals surface area (Å²) in [6.45, 7) is 5.38. The Hall–Kier alpha value is -3.95. The zero-order valence-corrected chi connectivity index (χ0v) is 22.8. The number of nitrogens with zero attached hydrogens (tertiary/aromatic N) is 4. The fraction of sp³-hybridized carbons (Fsp3) is 0.400.